The quantitative estimate of drug-likeness (QED) is 0.823. The number of nitrogens with zero attached hydrogens (tertiary/aromatic N) is 2. The third kappa shape index (κ3) is 2.22. The molecule has 0 radical (unpaired) electrons. The van der Waals surface area contributed by atoms with Crippen LogP contribution in [-0.4, -0.2) is 18.1 Å². The van der Waals surface area contributed by atoms with Crippen LogP contribution in [0.5, 0.6) is 0 Å². The summed E-state index contributed by atoms with van der Waals surface area (Å²) in [6.07, 6.45) is 5.70. The van der Waals surface area contributed by atoms with E-state index in [9.17, 15) is 0 Å². The Balaban J connectivity index is 2.04. The van der Waals surface area contributed by atoms with Crippen LogP contribution < -0.4 is 10.6 Å². The van der Waals surface area contributed by atoms with Crippen LogP contribution in [0.15, 0.2) is 18.3 Å². The predicted octanol–water partition coefficient (Wildman–Crippen LogP) is 2.29. The summed E-state index contributed by atoms with van der Waals surface area (Å²) in [5.74, 6) is 1.80. The largest absolute Gasteiger partial charge is 0.396 e. The standard InChI is InChI=1S/C12H19N3/c1-2-4-10-6-8-15(9-10)12-11(13)5-3-7-14-12/h3,5,7,10H,2,4,6,8-9,13H2,1H3. The van der Waals surface area contributed by atoms with E-state index in [1.54, 1.807) is 0 Å². The van der Waals surface area contributed by atoms with Gasteiger partial charge in [-0.25, -0.2) is 4.98 Å². The number of nitrogens with two attached hydrogens (primary N) is 1. The van der Waals surface area contributed by atoms with Gasteiger partial charge < -0.3 is 10.6 Å². The smallest absolute Gasteiger partial charge is 0.151 e. The molecule has 1 aromatic rings. The van der Waals surface area contributed by atoms with E-state index >= 15 is 0 Å². The molecule has 2 heterocycles. The summed E-state index contributed by atoms with van der Waals surface area (Å²) < 4.78 is 0. The zero-order valence-corrected chi connectivity index (χ0v) is 9.32. The van der Waals surface area contributed by atoms with E-state index in [0.29, 0.717) is 0 Å². The lowest BCUT2D eigenvalue weighted by molar-refractivity contribution is 0.529. The van der Waals surface area contributed by atoms with Gasteiger partial charge in [-0.3, -0.25) is 0 Å². The number of hydrogen-bond acceptors (Lipinski definition) is 3. The SMILES string of the molecule is CCCC1CCN(c2ncccc2N)C1. The summed E-state index contributed by atoms with van der Waals surface area (Å²) in [5, 5.41) is 0. The molecule has 0 spiro atoms. The maximum Gasteiger partial charge on any atom is 0.151 e. The summed E-state index contributed by atoms with van der Waals surface area (Å²) >= 11 is 0. The molecular weight excluding hydrogens is 186 g/mol. The normalized spacial score (nSPS) is 20.9. The molecule has 3 nitrogen and oxygen atoms in total. The second-order valence-corrected chi connectivity index (χ2v) is 4.31. The van der Waals surface area contributed by atoms with Crippen molar-refractivity contribution in [1.29, 1.82) is 0 Å². The van der Waals surface area contributed by atoms with Crippen LogP contribution in [-0.2, 0) is 0 Å². The summed E-state index contributed by atoms with van der Waals surface area (Å²) in [4.78, 5) is 6.67. The fourth-order valence-corrected chi connectivity index (χ4v) is 2.34. The van der Waals surface area contributed by atoms with E-state index in [2.05, 4.69) is 16.8 Å². The van der Waals surface area contributed by atoms with Gasteiger partial charge in [0.15, 0.2) is 5.82 Å². The van der Waals surface area contributed by atoms with Gasteiger partial charge >= 0.3 is 0 Å². The molecule has 0 saturated carbocycles. The summed E-state index contributed by atoms with van der Waals surface area (Å²) in [6, 6.07) is 3.81. The van der Waals surface area contributed by atoms with Crippen molar-refractivity contribution in [2.75, 3.05) is 23.7 Å². The molecule has 2 rings (SSSR count). The molecule has 1 aromatic heterocycles. The van der Waals surface area contributed by atoms with Crippen molar-refractivity contribution in [3.63, 3.8) is 0 Å². The number of nitrogen functional groups attached to an aromatic ring is 1. The van der Waals surface area contributed by atoms with E-state index < -0.39 is 0 Å². The van der Waals surface area contributed by atoms with Crippen LogP contribution in [0.4, 0.5) is 11.5 Å². The lowest BCUT2D eigenvalue weighted by Gasteiger charge is -2.18. The molecule has 0 aliphatic carbocycles. The molecule has 1 fully saturated rings. The Morgan fingerprint density at radius 1 is 1.60 bits per heavy atom. The van der Waals surface area contributed by atoms with Crippen molar-refractivity contribution in [1.82, 2.24) is 4.98 Å². The zero-order valence-electron chi connectivity index (χ0n) is 9.32. The molecule has 1 aliphatic heterocycles. The first-order valence-corrected chi connectivity index (χ1v) is 5.76. The van der Waals surface area contributed by atoms with Gasteiger partial charge in [-0.15, -0.1) is 0 Å². The second-order valence-electron chi connectivity index (χ2n) is 4.31. The third-order valence-electron chi connectivity index (χ3n) is 3.10. The van der Waals surface area contributed by atoms with Crippen molar-refractivity contribution in [2.45, 2.75) is 26.2 Å². The highest BCUT2D eigenvalue weighted by Crippen LogP contribution is 2.28. The number of hydrogen-bond donors (Lipinski definition) is 1. The summed E-state index contributed by atoms with van der Waals surface area (Å²) in [5.41, 5.74) is 6.72. The maximum atomic E-state index is 5.92. The molecule has 0 amide bonds. The van der Waals surface area contributed by atoms with Gasteiger partial charge in [-0.1, -0.05) is 13.3 Å². The Labute approximate surface area is 91.3 Å². The lowest BCUT2D eigenvalue weighted by Crippen LogP contribution is -2.21. The Morgan fingerprint density at radius 2 is 2.47 bits per heavy atom. The number of rotatable bonds is 3. The van der Waals surface area contributed by atoms with Crippen molar-refractivity contribution < 1.29 is 0 Å². The Hall–Kier alpha value is -1.25. The highest BCUT2D eigenvalue weighted by molar-refractivity contribution is 5.62. The number of aromatic nitrogens is 1. The molecule has 15 heavy (non-hydrogen) atoms. The lowest BCUT2D eigenvalue weighted by atomic mass is 10.0. The minimum atomic E-state index is 0.801. The topological polar surface area (TPSA) is 42.2 Å². The molecule has 0 bridgehead atoms. The molecule has 2 N–H and O–H groups in total. The molecular formula is C12H19N3. The van der Waals surface area contributed by atoms with Gasteiger partial charge in [0.25, 0.3) is 0 Å². The van der Waals surface area contributed by atoms with Gasteiger partial charge in [-0.05, 0) is 30.9 Å². The molecule has 1 atom stereocenters. The van der Waals surface area contributed by atoms with Crippen LogP contribution in [0.25, 0.3) is 0 Å². The maximum absolute atomic E-state index is 5.92. The third-order valence-corrected chi connectivity index (χ3v) is 3.10. The first-order valence-electron chi connectivity index (χ1n) is 5.76. The Morgan fingerprint density at radius 3 is 3.20 bits per heavy atom. The fourth-order valence-electron chi connectivity index (χ4n) is 2.34. The zero-order chi connectivity index (χ0) is 10.7. The number of anilines is 2. The Kier molecular flexibility index (Phi) is 3.09. The molecule has 1 aliphatic rings. The van der Waals surface area contributed by atoms with Crippen molar-refractivity contribution >= 4 is 11.5 Å². The van der Waals surface area contributed by atoms with Crippen molar-refractivity contribution in [3.05, 3.63) is 18.3 Å². The molecule has 0 aromatic carbocycles. The highest BCUT2D eigenvalue weighted by atomic mass is 15.2. The average molecular weight is 205 g/mol. The first-order chi connectivity index (χ1) is 7.31. The van der Waals surface area contributed by atoms with Gasteiger partial charge in [0.05, 0.1) is 5.69 Å². The van der Waals surface area contributed by atoms with Gasteiger partial charge in [0, 0.05) is 19.3 Å². The van der Waals surface area contributed by atoms with Gasteiger partial charge in [-0.2, -0.15) is 0 Å². The molecule has 1 saturated heterocycles. The van der Waals surface area contributed by atoms with Crippen LogP contribution >= 0.6 is 0 Å². The van der Waals surface area contributed by atoms with Gasteiger partial charge in [0.2, 0.25) is 0 Å². The van der Waals surface area contributed by atoms with E-state index in [1.807, 2.05) is 18.3 Å². The summed E-state index contributed by atoms with van der Waals surface area (Å²) in [7, 11) is 0. The molecule has 3 heteroatoms. The van der Waals surface area contributed by atoms with E-state index in [0.717, 1.165) is 30.5 Å². The van der Waals surface area contributed by atoms with Crippen molar-refractivity contribution in [2.24, 2.45) is 5.92 Å². The van der Waals surface area contributed by atoms with Gasteiger partial charge in [0.1, 0.15) is 0 Å². The van der Waals surface area contributed by atoms with Crippen LogP contribution in [0.2, 0.25) is 0 Å². The average Bonchev–Trinajstić information content (AvgIpc) is 2.68. The van der Waals surface area contributed by atoms with E-state index in [4.69, 9.17) is 5.73 Å². The van der Waals surface area contributed by atoms with Crippen LogP contribution in [0, 0.1) is 5.92 Å². The van der Waals surface area contributed by atoms with E-state index in [1.165, 1.54) is 19.3 Å². The second kappa shape index (κ2) is 4.51. The first kappa shape index (κ1) is 10.3. The minimum absolute atomic E-state index is 0.801. The Bertz CT molecular complexity index is 324. The van der Waals surface area contributed by atoms with Crippen LogP contribution in [0.3, 0.4) is 0 Å². The highest BCUT2D eigenvalue weighted by Gasteiger charge is 2.23. The number of pyridine rings is 1. The fraction of sp³-hybridized carbons (Fsp3) is 0.583. The van der Waals surface area contributed by atoms with Crippen LogP contribution in [0.1, 0.15) is 26.2 Å². The minimum Gasteiger partial charge on any atom is -0.396 e. The summed E-state index contributed by atoms with van der Waals surface area (Å²) in [6.45, 7) is 4.47. The predicted molar refractivity (Wildman–Crippen MR) is 63.9 cm³/mol. The van der Waals surface area contributed by atoms with E-state index in [-0.39, 0.29) is 0 Å². The molecule has 1 unspecified atom stereocenters. The molecule has 82 valence electrons. The monoisotopic (exact) mass is 205 g/mol. The van der Waals surface area contributed by atoms with Crippen molar-refractivity contribution in [3.8, 4) is 0 Å².